The molecule has 0 atom stereocenters. The molecule has 0 aliphatic carbocycles. The summed E-state index contributed by atoms with van der Waals surface area (Å²) in [7, 11) is 1.49. The highest BCUT2D eigenvalue weighted by molar-refractivity contribution is 7.80. The Morgan fingerprint density at radius 2 is 1.92 bits per heavy atom. The number of hydrogen-bond donors (Lipinski definition) is 1. The van der Waals surface area contributed by atoms with Gasteiger partial charge in [-0.05, 0) is 67.9 Å². The molecule has 0 radical (unpaired) electrons. The summed E-state index contributed by atoms with van der Waals surface area (Å²) < 4.78 is 30.8. The molecule has 0 aromatic heterocycles. The molecule has 0 heterocycles. The van der Waals surface area contributed by atoms with Gasteiger partial charge in [0.25, 0.3) is 5.17 Å². The Morgan fingerprint density at radius 1 is 1.15 bits per heavy atom. The van der Waals surface area contributed by atoms with Crippen molar-refractivity contribution in [2.45, 2.75) is 33.8 Å². The lowest BCUT2D eigenvalue weighted by molar-refractivity contribution is 0.276. The standard InChI is InChI=1S/C20H24FNO3S/c1-5-14-11-16(21)19(10-13(14)3)25-12-15-17(22-20(26)23-4)8-7-9-18(15)24-6-2/h7-11H,5-6,12H2,1-4H3,(H,22,26). The fourth-order valence-electron chi connectivity index (χ4n) is 2.62. The number of anilines is 1. The van der Waals surface area contributed by atoms with E-state index in [0.29, 0.717) is 18.0 Å². The van der Waals surface area contributed by atoms with E-state index in [1.807, 2.05) is 39.0 Å². The van der Waals surface area contributed by atoms with E-state index in [4.69, 9.17) is 26.4 Å². The van der Waals surface area contributed by atoms with Crippen molar-refractivity contribution in [1.82, 2.24) is 0 Å². The van der Waals surface area contributed by atoms with E-state index in [1.54, 1.807) is 6.07 Å². The highest BCUT2D eigenvalue weighted by Gasteiger charge is 2.14. The first kappa shape index (κ1) is 20.0. The van der Waals surface area contributed by atoms with Crippen LogP contribution in [0.15, 0.2) is 30.3 Å². The van der Waals surface area contributed by atoms with Gasteiger partial charge in [0.05, 0.1) is 25.0 Å². The second-order valence-electron chi connectivity index (χ2n) is 5.68. The molecule has 0 amide bonds. The van der Waals surface area contributed by atoms with E-state index in [9.17, 15) is 4.39 Å². The van der Waals surface area contributed by atoms with Crippen molar-refractivity contribution < 1.29 is 18.6 Å². The summed E-state index contributed by atoms with van der Waals surface area (Å²) in [6.45, 7) is 6.48. The van der Waals surface area contributed by atoms with E-state index in [1.165, 1.54) is 13.2 Å². The second kappa shape index (κ2) is 9.38. The van der Waals surface area contributed by atoms with Gasteiger partial charge in [0.15, 0.2) is 11.6 Å². The third-order valence-corrected chi connectivity index (χ3v) is 4.27. The average molecular weight is 377 g/mol. The molecule has 0 saturated carbocycles. The normalized spacial score (nSPS) is 10.3. The van der Waals surface area contributed by atoms with Gasteiger partial charge in [0, 0.05) is 0 Å². The minimum Gasteiger partial charge on any atom is -0.493 e. The lowest BCUT2D eigenvalue weighted by atomic mass is 10.1. The Balaban J connectivity index is 2.30. The minimum absolute atomic E-state index is 0.132. The smallest absolute Gasteiger partial charge is 0.260 e. The summed E-state index contributed by atoms with van der Waals surface area (Å²) in [6.07, 6.45) is 0.777. The summed E-state index contributed by atoms with van der Waals surface area (Å²) >= 11 is 5.07. The molecule has 0 unspecified atom stereocenters. The molecule has 2 aromatic carbocycles. The molecule has 0 saturated heterocycles. The average Bonchev–Trinajstić information content (AvgIpc) is 2.63. The molecular weight excluding hydrogens is 353 g/mol. The maximum absolute atomic E-state index is 14.3. The molecule has 1 N–H and O–H groups in total. The lowest BCUT2D eigenvalue weighted by Gasteiger charge is -2.17. The van der Waals surface area contributed by atoms with Crippen LogP contribution < -0.4 is 14.8 Å². The molecule has 2 aromatic rings. The minimum atomic E-state index is -0.372. The highest BCUT2D eigenvalue weighted by Crippen LogP contribution is 2.30. The molecule has 0 fully saturated rings. The molecule has 2 rings (SSSR count). The first-order valence-electron chi connectivity index (χ1n) is 8.51. The first-order valence-corrected chi connectivity index (χ1v) is 8.92. The van der Waals surface area contributed by atoms with Crippen molar-refractivity contribution in [3.8, 4) is 11.5 Å². The Kier molecular flexibility index (Phi) is 7.21. The van der Waals surface area contributed by atoms with Crippen molar-refractivity contribution in [3.05, 3.63) is 52.8 Å². The van der Waals surface area contributed by atoms with Gasteiger partial charge in [0.2, 0.25) is 0 Å². The molecule has 26 heavy (non-hydrogen) atoms. The Bertz CT molecular complexity index is 780. The van der Waals surface area contributed by atoms with Crippen molar-refractivity contribution in [3.63, 3.8) is 0 Å². The summed E-state index contributed by atoms with van der Waals surface area (Å²) in [5.74, 6) is 0.494. The third-order valence-electron chi connectivity index (χ3n) is 4.00. The number of hydrogen-bond acceptors (Lipinski definition) is 4. The van der Waals surface area contributed by atoms with Gasteiger partial charge in [-0.3, -0.25) is 0 Å². The molecule has 4 nitrogen and oxygen atoms in total. The Hall–Kier alpha value is -2.34. The maximum atomic E-state index is 14.3. The van der Waals surface area contributed by atoms with Gasteiger partial charge in [0.1, 0.15) is 12.4 Å². The van der Waals surface area contributed by atoms with Crippen LogP contribution in [0.2, 0.25) is 0 Å². The summed E-state index contributed by atoms with van der Waals surface area (Å²) in [4.78, 5) is 0. The SMILES string of the molecule is CCOc1cccc(NC(=S)OC)c1COc1cc(C)c(CC)cc1F. The predicted octanol–water partition coefficient (Wildman–Crippen LogP) is 5.02. The van der Waals surface area contributed by atoms with Crippen LogP contribution in [0.1, 0.15) is 30.5 Å². The summed E-state index contributed by atoms with van der Waals surface area (Å²) in [5, 5.41) is 3.23. The number of benzene rings is 2. The largest absolute Gasteiger partial charge is 0.493 e. The van der Waals surface area contributed by atoms with Gasteiger partial charge in [-0.25, -0.2) is 4.39 Å². The molecule has 0 bridgehead atoms. The van der Waals surface area contributed by atoms with Gasteiger partial charge >= 0.3 is 0 Å². The van der Waals surface area contributed by atoms with Crippen molar-refractivity contribution >= 4 is 23.1 Å². The monoisotopic (exact) mass is 377 g/mol. The van der Waals surface area contributed by atoms with Crippen molar-refractivity contribution in [2.75, 3.05) is 19.0 Å². The van der Waals surface area contributed by atoms with Crippen LogP contribution in [0.25, 0.3) is 0 Å². The topological polar surface area (TPSA) is 39.7 Å². The van der Waals surface area contributed by atoms with Crippen LogP contribution >= 0.6 is 12.2 Å². The van der Waals surface area contributed by atoms with Gasteiger partial charge in [-0.15, -0.1) is 0 Å². The molecular formula is C20H24FNO3S. The van der Waals surface area contributed by atoms with Crippen LogP contribution in [0.5, 0.6) is 11.5 Å². The summed E-state index contributed by atoms with van der Waals surface area (Å²) in [6, 6.07) is 8.78. The molecule has 6 heteroatoms. The summed E-state index contributed by atoms with van der Waals surface area (Å²) in [5.41, 5.74) is 3.41. The lowest BCUT2D eigenvalue weighted by Crippen LogP contribution is -2.14. The number of aryl methyl sites for hydroxylation is 2. The van der Waals surface area contributed by atoms with Gasteiger partial charge in [-0.2, -0.15) is 0 Å². The van der Waals surface area contributed by atoms with Crippen LogP contribution in [0.4, 0.5) is 10.1 Å². The number of halogens is 1. The van der Waals surface area contributed by atoms with E-state index >= 15 is 0 Å². The quantitative estimate of drug-likeness (QED) is 0.686. The fraction of sp³-hybridized carbons (Fsp3) is 0.350. The van der Waals surface area contributed by atoms with Gasteiger partial charge < -0.3 is 19.5 Å². The Labute approximate surface area is 159 Å². The zero-order valence-corrected chi connectivity index (χ0v) is 16.3. The Morgan fingerprint density at radius 3 is 2.58 bits per heavy atom. The molecule has 140 valence electrons. The van der Waals surface area contributed by atoms with Crippen LogP contribution in [-0.2, 0) is 17.8 Å². The predicted molar refractivity (Wildman–Crippen MR) is 106 cm³/mol. The fourth-order valence-corrected chi connectivity index (χ4v) is 2.73. The van der Waals surface area contributed by atoms with E-state index in [-0.39, 0.29) is 23.3 Å². The number of methoxy groups -OCH3 is 1. The van der Waals surface area contributed by atoms with Crippen LogP contribution in [0.3, 0.4) is 0 Å². The maximum Gasteiger partial charge on any atom is 0.260 e. The number of rotatable bonds is 7. The van der Waals surface area contributed by atoms with Crippen LogP contribution in [-0.4, -0.2) is 18.9 Å². The highest BCUT2D eigenvalue weighted by atomic mass is 32.1. The number of thiocarbonyl (C=S) groups is 1. The molecule has 0 aliphatic heterocycles. The number of nitrogens with one attached hydrogen (secondary N) is 1. The second-order valence-corrected chi connectivity index (χ2v) is 6.05. The van der Waals surface area contributed by atoms with E-state index in [0.717, 1.165) is 23.1 Å². The van der Waals surface area contributed by atoms with Crippen LogP contribution in [0, 0.1) is 12.7 Å². The number of ether oxygens (including phenoxy) is 3. The van der Waals surface area contributed by atoms with Gasteiger partial charge in [-0.1, -0.05) is 13.0 Å². The molecule has 0 aliphatic rings. The first-order chi connectivity index (χ1) is 12.5. The zero-order chi connectivity index (χ0) is 19.1. The van der Waals surface area contributed by atoms with E-state index < -0.39 is 0 Å². The van der Waals surface area contributed by atoms with Crippen molar-refractivity contribution in [1.29, 1.82) is 0 Å². The van der Waals surface area contributed by atoms with Crippen molar-refractivity contribution in [2.24, 2.45) is 0 Å². The third kappa shape index (κ3) is 4.85. The zero-order valence-electron chi connectivity index (χ0n) is 15.5. The van der Waals surface area contributed by atoms with E-state index in [2.05, 4.69) is 5.32 Å². The molecule has 0 spiro atoms.